The van der Waals surface area contributed by atoms with Crippen molar-refractivity contribution < 1.29 is 13.2 Å². The topological polar surface area (TPSA) is 76.5 Å². The molecule has 1 N–H and O–H groups in total. The number of benzene rings is 2. The van der Waals surface area contributed by atoms with E-state index in [0.29, 0.717) is 31.3 Å². The van der Waals surface area contributed by atoms with E-state index in [0.717, 1.165) is 41.8 Å². The number of rotatable bonds is 10. The first-order valence-corrected chi connectivity index (χ1v) is 14.4. The Morgan fingerprint density at radius 2 is 1.94 bits per heavy atom. The Bertz CT molecular complexity index is 1270. The van der Waals surface area contributed by atoms with E-state index >= 15 is 0 Å². The Morgan fingerprint density at radius 1 is 1.19 bits per heavy atom. The van der Waals surface area contributed by atoms with Crippen molar-refractivity contribution in [1.82, 2.24) is 19.8 Å². The largest absolute Gasteiger partial charge is 0.376 e. The number of imidazole rings is 1. The van der Waals surface area contributed by atoms with Crippen molar-refractivity contribution >= 4 is 27.2 Å². The number of thiocarbonyl (C=S) groups is 1. The number of nitrogens with one attached hydrogen (secondary N) is 1. The van der Waals surface area contributed by atoms with E-state index in [2.05, 4.69) is 15.2 Å². The van der Waals surface area contributed by atoms with Crippen molar-refractivity contribution in [3.8, 4) is 0 Å². The van der Waals surface area contributed by atoms with Gasteiger partial charge in [0.2, 0.25) is 15.0 Å². The maximum absolute atomic E-state index is 13.6. The first kappa shape index (κ1) is 26.3. The smallest absolute Gasteiger partial charge is 0.228 e. The molecule has 0 aliphatic carbocycles. The lowest BCUT2D eigenvalue weighted by atomic mass is 10.1. The molecular weight excluding hydrogens is 492 g/mol. The van der Waals surface area contributed by atoms with E-state index in [1.807, 2.05) is 73.0 Å². The van der Waals surface area contributed by atoms with Crippen LogP contribution in [0.4, 0.5) is 0 Å². The Labute approximate surface area is 219 Å². The van der Waals surface area contributed by atoms with Gasteiger partial charge in [-0.05, 0) is 55.6 Å². The molecule has 1 aliphatic rings. The third-order valence-electron chi connectivity index (χ3n) is 6.39. The highest BCUT2D eigenvalue weighted by Gasteiger charge is 2.27. The van der Waals surface area contributed by atoms with Crippen molar-refractivity contribution in [1.29, 1.82) is 0 Å². The predicted octanol–water partition coefficient (Wildman–Crippen LogP) is 4.09. The van der Waals surface area contributed by atoms with Gasteiger partial charge in [0.1, 0.15) is 0 Å². The molecule has 1 aromatic heterocycles. The molecule has 2 heterocycles. The number of ether oxygens (including phenoxy) is 1. The zero-order valence-electron chi connectivity index (χ0n) is 20.9. The van der Waals surface area contributed by atoms with Crippen molar-refractivity contribution in [3.63, 3.8) is 0 Å². The average molecular weight is 527 g/mol. The quantitative estimate of drug-likeness (QED) is 0.399. The standard InChI is InChI=1S/C27H34N4O3S2/c1-3-28-26(35)30(19-25-14-9-15-34-25)18-24-16-29-27(31(24)17-22-11-5-4-6-12-22)36(32,33)20-23-13-8-7-10-21(23)2/h4-8,10-13,16,25H,3,9,14-15,17-20H2,1-2H3,(H,28,35)/t25-/m0/s1. The third-order valence-corrected chi connectivity index (χ3v) is 8.36. The molecule has 1 fully saturated rings. The molecule has 0 unspecified atom stereocenters. The summed E-state index contributed by atoms with van der Waals surface area (Å²) in [7, 11) is -3.69. The molecule has 0 spiro atoms. The van der Waals surface area contributed by atoms with Crippen LogP contribution in [0.3, 0.4) is 0 Å². The van der Waals surface area contributed by atoms with Gasteiger partial charge in [-0.25, -0.2) is 13.4 Å². The molecular formula is C27H34N4O3S2. The summed E-state index contributed by atoms with van der Waals surface area (Å²) in [5.41, 5.74) is 3.52. The minimum Gasteiger partial charge on any atom is -0.376 e. The summed E-state index contributed by atoms with van der Waals surface area (Å²) < 4.78 is 34.9. The Morgan fingerprint density at radius 3 is 2.64 bits per heavy atom. The van der Waals surface area contributed by atoms with Gasteiger partial charge in [0.15, 0.2) is 5.11 Å². The van der Waals surface area contributed by atoms with Crippen LogP contribution in [0.2, 0.25) is 0 Å². The van der Waals surface area contributed by atoms with Crippen LogP contribution in [-0.2, 0) is 33.4 Å². The monoisotopic (exact) mass is 526 g/mol. The van der Waals surface area contributed by atoms with Gasteiger partial charge >= 0.3 is 0 Å². The van der Waals surface area contributed by atoms with Crippen LogP contribution < -0.4 is 5.32 Å². The molecule has 0 saturated carbocycles. The van der Waals surface area contributed by atoms with Gasteiger partial charge in [-0.2, -0.15) is 0 Å². The third kappa shape index (κ3) is 6.52. The lowest BCUT2D eigenvalue weighted by molar-refractivity contribution is 0.0893. The molecule has 192 valence electrons. The van der Waals surface area contributed by atoms with E-state index in [9.17, 15) is 8.42 Å². The van der Waals surface area contributed by atoms with Crippen LogP contribution in [0.15, 0.2) is 66.0 Å². The fourth-order valence-corrected chi connectivity index (χ4v) is 6.33. The van der Waals surface area contributed by atoms with E-state index in [4.69, 9.17) is 17.0 Å². The molecule has 36 heavy (non-hydrogen) atoms. The minimum atomic E-state index is -3.69. The summed E-state index contributed by atoms with van der Waals surface area (Å²) in [5, 5.41) is 3.95. The molecule has 9 heteroatoms. The molecule has 0 amide bonds. The van der Waals surface area contributed by atoms with Gasteiger partial charge in [0.05, 0.1) is 36.8 Å². The normalized spacial score (nSPS) is 15.7. The zero-order valence-corrected chi connectivity index (χ0v) is 22.5. The van der Waals surface area contributed by atoms with Crippen molar-refractivity contribution in [2.45, 2.75) is 56.8 Å². The minimum absolute atomic E-state index is 0.0797. The summed E-state index contributed by atoms with van der Waals surface area (Å²) in [4.78, 5) is 6.51. The summed E-state index contributed by atoms with van der Waals surface area (Å²) in [6.07, 6.45) is 3.81. The van der Waals surface area contributed by atoms with Crippen LogP contribution in [-0.4, -0.2) is 53.8 Å². The molecule has 0 bridgehead atoms. The highest BCUT2D eigenvalue weighted by Crippen LogP contribution is 2.23. The number of sulfone groups is 1. The first-order chi connectivity index (χ1) is 17.4. The maximum Gasteiger partial charge on any atom is 0.228 e. The van der Waals surface area contributed by atoms with Crippen LogP contribution >= 0.6 is 12.2 Å². The van der Waals surface area contributed by atoms with E-state index in [-0.39, 0.29) is 17.0 Å². The van der Waals surface area contributed by atoms with Crippen molar-refractivity contribution in [3.05, 3.63) is 83.2 Å². The second-order valence-electron chi connectivity index (χ2n) is 9.14. The van der Waals surface area contributed by atoms with Gasteiger partial charge in [0.25, 0.3) is 0 Å². The lowest BCUT2D eigenvalue weighted by Gasteiger charge is -2.28. The highest BCUT2D eigenvalue weighted by molar-refractivity contribution is 7.90. The fourth-order valence-electron chi connectivity index (χ4n) is 4.45. The lowest BCUT2D eigenvalue weighted by Crippen LogP contribution is -2.43. The van der Waals surface area contributed by atoms with Crippen LogP contribution in [0.1, 0.15) is 42.1 Å². The summed E-state index contributed by atoms with van der Waals surface area (Å²) in [5.74, 6) is -0.0969. The van der Waals surface area contributed by atoms with Crippen molar-refractivity contribution in [2.75, 3.05) is 19.7 Å². The SMILES string of the molecule is CCNC(=S)N(Cc1cnc(S(=O)(=O)Cc2ccccc2C)n1Cc1ccccc1)C[C@@H]1CCCO1. The highest BCUT2D eigenvalue weighted by atomic mass is 32.2. The average Bonchev–Trinajstić information content (AvgIpc) is 3.51. The second kappa shape index (κ2) is 12.0. The Kier molecular flexibility index (Phi) is 8.77. The summed E-state index contributed by atoms with van der Waals surface area (Å²) in [6.45, 7) is 6.89. The van der Waals surface area contributed by atoms with Gasteiger partial charge in [-0.1, -0.05) is 54.6 Å². The molecule has 4 rings (SSSR count). The van der Waals surface area contributed by atoms with Gasteiger partial charge in [-0.15, -0.1) is 0 Å². The van der Waals surface area contributed by atoms with Gasteiger partial charge < -0.3 is 19.5 Å². The molecule has 3 aromatic rings. The Balaban J connectivity index is 1.68. The molecule has 0 radical (unpaired) electrons. The summed E-state index contributed by atoms with van der Waals surface area (Å²) >= 11 is 5.67. The molecule has 1 atom stereocenters. The van der Waals surface area contributed by atoms with Crippen molar-refractivity contribution in [2.24, 2.45) is 0 Å². The summed E-state index contributed by atoms with van der Waals surface area (Å²) in [6, 6.07) is 17.4. The van der Waals surface area contributed by atoms with Gasteiger partial charge in [-0.3, -0.25) is 0 Å². The number of aryl methyl sites for hydroxylation is 1. The molecule has 1 aliphatic heterocycles. The molecule has 7 nitrogen and oxygen atoms in total. The first-order valence-electron chi connectivity index (χ1n) is 12.4. The fraction of sp³-hybridized carbons (Fsp3) is 0.407. The van der Waals surface area contributed by atoms with Crippen LogP contribution in [0, 0.1) is 6.92 Å². The molecule has 2 aromatic carbocycles. The number of hydrogen-bond acceptors (Lipinski definition) is 5. The van der Waals surface area contributed by atoms with Gasteiger partial charge in [0, 0.05) is 19.7 Å². The van der Waals surface area contributed by atoms with Crippen LogP contribution in [0.25, 0.3) is 0 Å². The van der Waals surface area contributed by atoms with E-state index in [1.54, 1.807) is 6.20 Å². The second-order valence-corrected chi connectivity index (χ2v) is 11.4. The number of aromatic nitrogens is 2. The number of hydrogen-bond donors (Lipinski definition) is 1. The van der Waals surface area contributed by atoms with Crippen LogP contribution in [0.5, 0.6) is 0 Å². The zero-order chi connectivity index (χ0) is 25.5. The Hall–Kier alpha value is -2.75. The predicted molar refractivity (Wildman–Crippen MR) is 145 cm³/mol. The number of nitrogens with zero attached hydrogens (tertiary/aromatic N) is 3. The van der Waals surface area contributed by atoms with E-state index < -0.39 is 9.84 Å². The molecule has 1 saturated heterocycles. The van der Waals surface area contributed by atoms with E-state index in [1.165, 1.54) is 0 Å². The maximum atomic E-state index is 13.6.